The van der Waals surface area contributed by atoms with Gasteiger partial charge in [0.1, 0.15) is 39.3 Å². The standard InChI is InChI=1S/C26H34N2/c1-3-23-7-5-9-25(21-23)11-13-27-15-18-28(19-16-27,20-17-27)14-12-26-10-6-8-24(4-2)22-26/h3-10,21-22H,1-2,11-20H2/q+2. The molecule has 0 N–H and O–H groups in total. The van der Waals surface area contributed by atoms with E-state index in [1.165, 1.54) is 96.4 Å². The molecule has 0 atom stereocenters. The van der Waals surface area contributed by atoms with Crippen molar-refractivity contribution >= 4 is 12.2 Å². The molecule has 0 aromatic heterocycles. The van der Waals surface area contributed by atoms with Crippen molar-refractivity contribution < 1.29 is 8.97 Å². The summed E-state index contributed by atoms with van der Waals surface area (Å²) in [5.74, 6) is 0. The molecule has 3 aliphatic rings. The van der Waals surface area contributed by atoms with E-state index < -0.39 is 0 Å². The van der Waals surface area contributed by atoms with E-state index in [1.54, 1.807) is 0 Å². The average Bonchev–Trinajstić information content (AvgIpc) is 2.78. The number of hydrogen-bond donors (Lipinski definition) is 0. The molecule has 0 saturated carbocycles. The maximum Gasteiger partial charge on any atom is 0.129 e. The zero-order valence-electron chi connectivity index (χ0n) is 17.2. The molecule has 3 aliphatic heterocycles. The van der Waals surface area contributed by atoms with Crippen LogP contribution in [0.2, 0.25) is 0 Å². The lowest BCUT2D eigenvalue weighted by Gasteiger charge is -2.55. The highest BCUT2D eigenvalue weighted by atomic mass is 15.5. The van der Waals surface area contributed by atoms with E-state index in [0.29, 0.717) is 0 Å². The largest absolute Gasteiger partial charge is 0.309 e. The van der Waals surface area contributed by atoms with Crippen LogP contribution in [0.25, 0.3) is 12.2 Å². The van der Waals surface area contributed by atoms with E-state index in [0.717, 1.165) is 0 Å². The third-order valence-corrected chi connectivity index (χ3v) is 7.27. The molecule has 146 valence electrons. The lowest BCUT2D eigenvalue weighted by Crippen LogP contribution is -2.75. The van der Waals surface area contributed by atoms with Crippen LogP contribution < -0.4 is 0 Å². The molecule has 0 spiro atoms. The maximum absolute atomic E-state index is 3.90. The number of fused-ring (bicyclic) bond motifs is 3. The molecule has 28 heavy (non-hydrogen) atoms. The fourth-order valence-electron chi connectivity index (χ4n) is 5.10. The van der Waals surface area contributed by atoms with E-state index in [9.17, 15) is 0 Å². The normalized spacial score (nSPS) is 26.1. The summed E-state index contributed by atoms with van der Waals surface area (Å²) < 4.78 is 2.68. The zero-order chi connectivity index (χ0) is 19.5. The SMILES string of the molecule is C=Cc1cccc(CC[N+]23CC[N+](CCc4cccc(C=C)c4)(CC2)CC3)c1. The van der Waals surface area contributed by atoms with Gasteiger partial charge in [-0.15, -0.1) is 0 Å². The van der Waals surface area contributed by atoms with Crippen LogP contribution >= 0.6 is 0 Å². The maximum atomic E-state index is 3.90. The summed E-state index contributed by atoms with van der Waals surface area (Å²) >= 11 is 0. The first-order valence-electron chi connectivity index (χ1n) is 10.8. The molecule has 3 heterocycles. The minimum absolute atomic E-state index is 1.19. The first-order valence-corrected chi connectivity index (χ1v) is 10.8. The van der Waals surface area contributed by atoms with Crippen molar-refractivity contribution in [1.29, 1.82) is 0 Å². The van der Waals surface area contributed by atoms with Crippen LogP contribution in [0, 0.1) is 0 Å². The van der Waals surface area contributed by atoms with E-state index in [4.69, 9.17) is 0 Å². The van der Waals surface area contributed by atoms with Gasteiger partial charge in [-0.05, 0) is 22.3 Å². The summed E-state index contributed by atoms with van der Waals surface area (Å²) in [4.78, 5) is 0. The van der Waals surface area contributed by atoms with Gasteiger partial charge in [0.25, 0.3) is 0 Å². The Labute approximate surface area is 170 Å². The second-order valence-corrected chi connectivity index (χ2v) is 8.87. The van der Waals surface area contributed by atoms with Crippen LogP contribution in [0.1, 0.15) is 22.3 Å². The minimum atomic E-state index is 1.19. The second kappa shape index (κ2) is 8.06. The van der Waals surface area contributed by atoms with E-state index in [2.05, 4.69) is 61.7 Å². The first-order chi connectivity index (χ1) is 13.6. The number of nitrogens with zero attached hydrogens (tertiary/aromatic N) is 2. The number of rotatable bonds is 8. The van der Waals surface area contributed by atoms with Gasteiger partial charge in [-0.1, -0.05) is 73.8 Å². The van der Waals surface area contributed by atoms with Crippen molar-refractivity contribution in [2.45, 2.75) is 12.8 Å². The van der Waals surface area contributed by atoms with Crippen molar-refractivity contribution in [3.63, 3.8) is 0 Å². The predicted octanol–water partition coefficient (Wildman–Crippen LogP) is 4.42. The molecule has 0 unspecified atom stereocenters. The van der Waals surface area contributed by atoms with Crippen LogP contribution in [0.15, 0.2) is 61.7 Å². The molecule has 0 aliphatic carbocycles. The summed E-state index contributed by atoms with van der Waals surface area (Å²) in [6.45, 7) is 18.5. The van der Waals surface area contributed by atoms with Crippen LogP contribution in [-0.4, -0.2) is 61.3 Å². The number of piperazine rings is 3. The lowest BCUT2D eigenvalue weighted by molar-refractivity contribution is -1.08. The van der Waals surface area contributed by atoms with Crippen molar-refractivity contribution in [3.05, 3.63) is 83.9 Å². The van der Waals surface area contributed by atoms with Gasteiger partial charge in [-0.2, -0.15) is 0 Å². The molecule has 3 saturated heterocycles. The number of hydrogen-bond acceptors (Lipinski definition) is 0. The van der Waals surface area contributed by atoms with Crippen LogP contribution in [0.4, 0.5) is 0 Å². The zero-order valence-corrected chi connectivity index (χ0v) is 17.2. The van der Waals surface area contributed by atoms with Gasteiger partial charge < -0.3 is 8.97 Å². The molecule has 5 rings (SSSR count). The second-order valence-electron chi connectivity index (χ2n) is 8.87. The van der Waals surface area contributed by atoms with Gasteiger partial charge in [0.2, 0.25) is 0 Å². The van der Waals surface area contributed by atoms with Gasteiger partial charge in [-0.25, -0.2) is 0 Å². The Morgan fingerprint density at radius 3 is 1.39 bits per heavy atom. The molecule has 2 aromatic carbocycles. The minimum Gasteiger partial charge on any atom is -0.309 e. The third kappa shape index (κ3) is 4.14. The predicted molar refractivity (Wildman–Crippen MR) is 120 cm³/mol. The fraction of sp³-hybridized carbons (Fsp3) is 0.385. The van der Waals surface area contributed by atoms with Crippen LogP contribution in [0.5, 0.6) is 0 Å². The summed E-state index contributed by atoms with van der Waals surface area (Å²) in [6.07, 6.45) is 6.29. The monoisotopic (exact) mass is 374 g/mol. The topological polar surface area (TPSA) is 0 Å². The molecular formula is C26H34N2+2. The third-order valence-electron chi connectivity index (χ3n) is 7.27. The van der Waals surface area contributed by atoms with Crippen molar-refractivity contribution in [2.24, 2.45) is 0 Å². The molecule has 0 amide bonds. The molecule has 3 fully saturated rings. The molecule has 2 heteroatoms. The summed E-state index contributed by atoms with van der Waals surface area (Å²) in [5, 5.41) is 0. The molecular weight excluding hydrogens is 340 g/mol. The van der Waals surface area contributed by atoms with Crippen molar-refractivity contribution in [2.75, 3.05) is 52.4 Å². The van der Waals surface area contributed by atoms with Crippen molar-refractivity contribution in [1.82, 2.24) is 0 Å². The molecule has 2 nitrogen and oxygen atoms in total. The smallest absolute Gasteiger partial charge is 0.129 e. The average molecular weight is 375 g/mol. The Bertz CT molecular complexity index is 755. The number of benzene rings is 2. The number of quaternary nitrogens is 2. The Morgan fingerprint density at radius 2 is 1.04 bits per heavy atom. The summed E-state index contributed by atoms with van der Waals surface area (Å²) in [6, 6.07) is 17.8. The van der Waals surface area contributed by atoms with Crippen molar-refractivity contribution in [3.8, 4) is 0 Å². The van der Waals surface area contributed by atoms with Crippen LogP contribution in [-0.2, 0) is 12.8 Å². The van der Waals surface area contributed by atoms with Gasteiger partial charge >= 0.3 is 0 Å². The molecule has 0 radical (unpaired) electrons. The Balaban J connectivity index is 1.32. The van der Waals surface area contributed by atoms with Crippen LogP contribution in [0.3, 0.4) is 0 Å². The Kier molecular flexibility index (Phi) is 5.52. The van der Waals surface area contributed by atoms with Gasteiger partial charge in [-0.3, -0.25) is 0 Å². The Morgan fingerprint density at radius 1 is 0.643 bits per heavy atom. The lowest BCUT2D eigenvalue weighted by atomic mass is 10.0. The highest BCUT2D eigenvalue weighted by Crippen LogP contribution is 2.28. The van der Waals surface area contributed by atoms with Gasteiger partial charge in [0.15, 0.2) is 0 Å². The summed E-state index contributed by atoms with van der Waals surface area (Å²) in [7, 11) is 0. The highest BCUT2D eigenvalue weighted by molar-refractivity contribution is 5.48. The van der Waals surface area contributed by atoms with Gasteiger partial charge in [0, 0.05) is 12.8 Å². The fourth-order valence-corrected chi connectivity index (χ4v) is 5.10. The highest BCUT2D eigenvalue weighted by Gasteiger charge is 2.48. The first kappa shape index (κ1) is 19.2. The summed E-state index contributed by atoms with van der Waals surface area (Å²) in [5.41, 5.74) is 5.41. The van der Waals surface area contributed by atoms with E-state index in [-0.39, 0.29) is 0 Å². The molecule has 2 aromatic rings. The molecule has 2 bridgehead atoms. The Hall–Kier alpha value is -2.16. The van der Waals surface area contributed by atoms with E-state index >= 15 is 0 Å². The quantitative estimate of drug-likeness (QED) is 0.600. The van der Waals surface area contributed by atoms with E-state index in [1.807, 2.05) is 12.2 Å². The van der Waals surface area contributed by atoms with Gasteiger partial charge in [0.05, 0.1) is 13.1 Å².